The molecule has 2 N–H and O–H groups in total. The van der Waals surface area contributed by atoms with Crippen LogP contribution in [0.5, 0.6) is 0 Å². The highest BCUT2D eigenvalue weighted by molar-refractivity contribution is 7.22. The predicted molar refractivity (Wildman–Crippen MR) is 116 cm³/mol. The zero-order chi connectivity index (χ0) is 19.7. The van der Waals surface area contributed by atoms with Crippen LogP contribution in [0.4, 0.5) is 16.6 Å². The number of pyridine rings is 1. The van der Waals surface area contributed by atoms with E-state index < -0.39 is 0 Å². The largest absolute Gasteiger partial charge is 0.322 e. The number of anilines is 3. The lowest BCUT2D eigenvalue weighted by molar-refractivity contribution is 0.102. The number of amides is 1. The second-order valence-electron chi connectivity index (χ2n) is 6.77. The van der Waals surface area contributed by atoms with E-state index in [4.69, 9.17) is 0 Å². The van der Waals surface area contributed by atoms with Crippen LogP contribution >= 0.6 is 11.3 Å². The fraction of sp³-hybridized carbons (Fsp3) is 0.136. The summed E-state index contributed by atoms with van der Waals surface area (Å²) in [7, 11) is 0. The normalized spacial score (nSPS) is 10.8. The predicted octanol–water partition coefficient (Wildman–Crippen LogP) is 5.61. The maximum absolute atomic E-state index is 12.8. The number of rotatable bonds is 4. The summed E-state index contributed by atoms with van der Waals surface area (Å²) in [5.41, 5.74) is 5.64. The summed E-state index contributed by atoms with van der Waals surface area (Å²) in [4.78, 5) is 21.6. The molecule has 0 atom stereocenters. The van der Waals surface area contributed by atoms with Crippen molar-refractivity contribution < 1.29 is 4.79 Å². The molecule has 4 rings (SSSR count). The van der Waals surface area contributed by atoms with Crippen LogP contribution in [0.25, 0.3) is 10.2 Å². The van der Waals surface area contributed by atoms with Gasteiger partial charge in [0.2, 0.25) is 0 Å². The van der Waals surface area contributed by atoms with Gasteiger partial charge in [-0.1, -0.05) is 35.1 Å². The van der Waals surface area contributed by atoms with Crippen LogP contribution in [0.2, 0.25) is 0 Å². The summed E-state index contributed by atoms with van der Waals surface area (Å²) in [5, 5.41) is 7.00. The highest BCUT2D eigenvalue weighted by Crippen LogP contribution is 2.29. The molecule has 6 heteroatoms. The molecule has 5 nitrogen and oxygen atoms in total. The third kappa shape index (κ3) is 3.73. The number of hydrogen-bond acceptors (Lipinski definition) is 5. The van der Waals surface area contributed by atoms with Gasteiger partial charge < -0.3 is 10.6 Å². The van der Waals surface area contributed by atoms with Crippen molar-refractivity contribution in [2.75, 3.05) is 10.6 Å². The van der Waals surface area contributed by atoms with Crippen molar-refractivity contribution >= 4 is 44.1 Å². The number of carbonyl (C=O) groups excluding carboxylic acids is 1. The molecule has 2 aromatic heterocycles. The molecule has 0 spiro atoms. The van der Waals surface area contributed by atoms with Crippen LogP contribution < -0.4 is 10.6 Å². The maximum atomic E-state index is 12.8. The molecule has 0 saturated heterocycles. The molecule has 0 radical (unpaired) electrons. The van der Waals surface area contributed by atoms with Crippen molar-refractivity contribution in [3.05, 3.63) is 77.0 Å². The van der Waals surface area contributed by atoms with E-state index in [1.807, 2.05) is 44.2 Å². The average molecular weight is 388 g/mol. The van der Waals surface area contributed by atoms with Gasteiger partial charge in [-0.05, 0) is 62.2 Å². The molecule has 0 unspecified atom stereocenters. The Labute approximate surface area is 167 Å². The number of aromatic nitrogens is 2. The van der Waals surface area contributed by atoms with Crippen molar-refractivity contribution in [1.82, 2.24) is 9.97 Å². The van der Waals surface area contributed by atoms with Crippen LogP contribution in [0.3, 0.4) is 0 Å². The molecular formula is C22H20N4OS. The first kappa shape index (κ1) is 18.1. The Kier molecular flexibility index (Phi) is 4.79. The van der Waals surface area contributed by atoms with E-state index in [1.54, 1.807) is 12.3 Å². The first-order valence-electron chi connectivity index (χ1n) is 8.97. The lowest BCUT2D eigenvalue weighted by Gasteiger charge is -2.12. The highest BCUT2D eigenvalue weighted by Gasteiger charge is 2.13. The smallest absolute Gasteiger partial charge is 0.255 e. The topological polar surface area (TPSA) is 66.9 Å². The average Bonchev–Trinajstić information content (AvgIpc) is 3.06. The first-order chi connectivity index (χ1) is 13.5. The van der Waals surface area contributed by atoms with E-state index in [-0.39, 0.29) is 5.91 Å². The number of hydrogen-bond donors (Lipinski definition) is 2. The lowest BCUT2D eigenvalue weighted by Crippen LogP contribution is -2.13. The van der Waals surface area contributed by atoms with E-state index in [1.165, 1.54) is 16.9 Å². The van der Waals surface area contributed by atoms with Gasteiger partial charge >= 0.3 is 0 Å². The number of aryl methyl sites for hydroxylation is 3. The molecule has 4 aromatic rings. The quantitative estimate of drug-likeness (QED) is 0.477. The van der Waals surface area contributed by atoms with Gasteiger partial charge in [0.05, 0.1) is 10.2 Å². The van der Waals surface area contributed by atoms with Crippen LogP contribution in [0.15, 0.2) is 54.7 Å². The van der Waals surface area contributed by atoms with Crippen molar-refractivity contribution in [2.45, 2.75) is 20.8 Å². The van der Waals surface area contributed by atoms with Crippen LogP contribution in [-0.2, 0) is 0 Å². The molecule has 0 fully saturated rings. The SMILES string of the molecule is Cc1cc(C)c(NC(=O)c2ccc3nc(Nc4ccccn4)sc3c2)c(C)c1. The van der Waals surface area contributed by atoms with Gasteiger partial charge in [0.25, 0.3) is 5.91 Å². The Hall–Kier alpha value is -3.25. The van der Waals surface area contributed by atoms with E-state index in [9.17, 15) is 4.79 Å². The molecule has 0 aliphatic carbocycles. The summed E-state index contributed by atoms with van der Waals surface area (Å²) in [5.74, 6) is 0.620. The van der Waals surface area contributed by atoms with Crippen LogP contribution in [-0.4, -0.2) is 15.9 Å². The number of thiazole rings is 1. The summed E-state index contributed by atoms with van der Waals surface area (Å²) >= 11 is 1.50. The fourth-order valence-electron chi connectivity index (χ4n) is 3.23. The minimum absolute atomic E-state index is 0.121. The van der Waals surface area contributed by atoms with Crippen LogP contribution in [0, 0.1) is 20.8 Å². The second kappa shape index (κ2) is 7.40. The van der Waals surface area contributed by atoms with Crippen molar-refractivity contribution in [3.8, 4) is 0 Å². The number of fused-ring (bicyclic) bond motifs is 1. The molecule has 2 heterocycles. The zero-order valence-electron chi connectivity index (χ0n) is 15.9. The van der Waals surface area contributed by atoms with Gasteiger partial charge in [0, 0.05) is 17.4 Å². The Balaban J connectivity index is 1.58. The number of benzene rings is 2. The van der Waals surface area contributed by atoms with E-state index in [2.05, 4.69) is 39.7 Å². The standard InChI is InChI=1S/C22H20N4OS/c1-13-10-14(2)20(15(3)11-13)26-21(27)16-7-8-17-18(12-16)28-22(24-17)25-19-6-4-5-9-23-19/h4-12H,1-3H3,(H,26,27)(H,23,24,25). The Morgan fingerprint density at radius 1 is 1.00 bits per heavy atom. The summed E-state index contributed by atoms with van der Waals surface area (Å²) in [6, 6.07) is 15.4. The second-order valence-corrected chi connectivity index (χ2v) is 7.80. The zero-order valence-corrected chi connectivity index (χ0v) is 16.7. The minimum atomic E-state index is -0.121. The third-order valence-electron chi connectivity index (χ3n) is 4.47. The number of nitrogens with zero attached hydrogens (tertiary/aromatic N) is 2. The molecule has 0 aliphatic heterocycles. The third-order valence-corrected chi connectivity index (χ3v) is 5.40. The Morgan fingerprint density at radius 3 is 2.50 bits per heavy atom. The van der Waals surface area contributed by atoms with E-state index >= 15 is 0 Å². The van der Waals surface area contributed by atoms with E-state index in [0.29, 0.717) is 5.56 Å². The Bertz CT molecular complexity index is 1140. The molecule has 28 heavy (non-hydrogen) atoms. The number of carbonyl (C=O) groups is 1. The molecule has 140 valence electrons. The Morgan fingerprint density at radius 2 is 1.79 bits per heavy atom. The minimum Gasteiger partial charge on any atom is -0.322 e. The van der Waals surface area contributed by atoms with E-state index in [0.717, 1.165) is 38.0 Å². The summed E-state index contributed by atoms with van der Waals surface area (Å²) < 4.78 is 0.948. The van der Waals surface area contributed by atoms with Gasteiger partial charge in [-0.3, -0.25) is 4.79 Å². The van der Waals surface area contributed by atoms with Gasteiger partial charge in [-0.15, -0.1) is 0 Å². The van der Waals surface area contributed by atoms with Gasteiger partial charge in [-0.25, -0.2) is 9.97 Å². The van der Waals surface area contributed by atoms with Gasteiger partial charge in [0.15, 0.2) is 5.13 Å². The summed E-state index contributed by atoms with van der Waals surface area (Å²) in [6.45, 7) is 6.08. The molecular weight excluding hydrogens is 368 g/mol. The van der Waals surface area contributed by atoms with Crippen molar-refractivity contribution in [2.24, 2.45) is 0 Å². The lowest BCUT2D eigenvalue weighted by atomic mass is 10.0. The molecule has 0 bridgehead atoms. The fourth-order valence-corrected chi connectivity index (χ4v) is 4.14. The molecule has 0 aliphatic rings. The van der Waals surface area contributed by atoms with Crippen molar-refractivity contribution in [3.63, 3.8) is 0 Å². The van der Waals surface area contributed by atoms with Gasteiger partial charge in [-0.2, -0.15) is 0 Å². The first-order valence-corrected chi connectivity index (χ1v) is 9.79. The molecule has 2 aromatic carbocycles. The maximum Gasteiger partial charge on any atom is 0.255 e. The summed E-state index contributed by atoms with van der Waals surface area (Å²) in [6.07, 6.45) is 1.73. The van der Waals surface area contributed by atoms with Crippen molar-refractivity contribution in [1.29, 1.82) is 0 Å². The number of nitrogens with one attached hydrogen (secondary N) is 2. The monoisotopic (exact) mass is 388 g/mol. The van der Waals surface area contributed by atoms with Crippen LogP contribution in [0.1, 0.15) is 27.0 Å². The highest BCUT2D eigenvalue weighted by atomic mass is 32.1. The molecule has 1 amide bonds. The van der Waals surface area contributed by atoms with Gasteiger partial charge in [0.1, 0.15) is 5.82 Å². The molecule has 0 saturated carbocycles.